The Balaban J connectivity index is 1.79. The van der Waals surface area contributed by atoms with Crippen molar-refractivity contribution in [2.24, 2.45) is 0 Å². The van der Waals surface area contributed by atoms with E-state index in [1.807, 2.05) is 22.8 Å². The highest BCUT2D eigenvalue weighted by atomic mass is 35.5. The molecule has 2 aromatic heterocycles. The molecule has 0 radical (unpaired) electrons. The third-order valence-electron chi connectivity index (χ3n) is 4.71. The molecule has 0 bridgehead atoms. The van der Waals surface area contributed by atoms with Crippen LogP contribution in [-0.4, -0.2) is 30.8 Å². The van der Waals surface area contributed by atoms with Crippen molar-refractivity contribution in [2.75, 3.05) is 0 Å². The zero-order valence-electron chi connectivity index (χ0n) is 15.0. The predicted molar refractivity (Wildman–Crippen MR) is 112 cm³/mol. The standard InChI is InChI=1S/C20H18Cl2N4OS/c21-15-9-8-14(11-16(15)22)26-19(13-5-4-10-23-12-13)24-25-20(26)28-18-7-3-1-2-6-17(18)27/h4-5,8-12,18H,1-3,6-7H2. The molecule has 0 amide bonds. The normalized spacial score (nSPS) is 17.5. The van der Waals surface area contributed by atoms with Crippen LogP contribution in [0.1, 0.15) is 32.1 Å². The van der Waals surface area contributed by atoms with Crippen LogP contribution in [0.3, 0.4) is 0 Å². The fraction of sp³-hybridized carbons (Fsp3) is 0.300. The maximum absolute atomic E-state index is 12.5. The minimum Gasteiger partial charge on any atom is -0.298 e. The van der Waals surface area contributed by atoms with Crippen LogP contribution in [-0.2, 0) is 4.79 Å². The predicted octanol–water partition coefficient (Wildman–Crippen LogP) is 5.63. The number of nitrogens with zero attached hydrogens (tertiary/aromatic N) is 4. The molecule has 0 spiro atoms. The Morgan fingerprint density at radius 3 is 2.75 bits per heavy atom. The summed E-state index contributed by atoms with van der Waals surface area (Å²) < 4.78 is 1.92. The van der Waals surface area contributed by atoms with E-state index >= 15 is 0 Å². The molecular formula is C20H18Cl2N4OS. The second kappa shape index (κ2) is 8.64. The summed E-state index contributed by atoms with van der Waals surface area (Å²) in [6.45, 7) is 0. The molecule has 4 rings (SSSR count). The molecule has 3 aromatic rings. The molecule has 8 heteroatoms. The Kier molecular flexibility index (Phi) is 5.99. The van der Waals surface area contributed by atoms with Crippen molar-refractivity contribution >= 4 is 40.7 Å². The fourth-order valence-corrected chi connectivity index (χ4v) is 4.73. The van der Waals surface area contributed by atoms with Gasteiger partial charge in [-0.3, -0.25) is 14.3 Å². The molecule has 0 N–H and O–H groups in total. The molecule has 144 valence electrons. The number of pyridine rings is 1. The van der Waals surface area contributed by atoms with Crippen LogP contribution >= 0.6 is 35.0 Å². The molecule has 5 nitrogen and oxygen atoms in total. The first-order valence-electron chi connectivity index (χ1n) is 9.14. The summed E-state index contributed by atoms with van der Waals surface area (Å²) in [7, 11) is 0. The number of ketones is 1. The van der Waals surface area contributed by atoms with Crippen molar-refractivity contribution in [3.8, 4) is 17.1 Å². The number of thioether (sulfide) groups is 1. The number of halogens is 2. The third kappa shape index (κ3) is 4.09. The van der Waals surface area contributed by atoms with Gasteiger partial charge in [0.2, 0.25) is 0 Å². The van der Waals surface area contributed by atoms with Gasteiger partial charge in [-0.05, 0) is 43.2 Å². The summed E-state index contributed by atoms with van der Waals surface area (Å²) >= 11 is 13.8. The number of Topliss-reactive ketones (excluding diaryl/α,β-unsaturated/α-hetero) is 1. The van der Waals surface area contributed by atoms with E-state index in [1.165, 1.54) is 11.8 Å². The highest BCUT2D eigenvalue weighted by Crippen LogP contribution is 2.35. The molecular weight excluding hydrogens is 415 g/mol. The number of aromatic nitrogens is 4. The molecule has 1 saturated carbocycles. The smallest absolute Gasteiger partial charge is 0.196 e. The Labute approximate surface area is 177 Å². The average Bonchev–Trinajstić information content (AvgIpc) is 3.02. The maximum Gasteiger partial charge on any atom is 0.196 e. The molecule has 1 aliphatic carbocycles. The summed E-state index contributed by atoms with van der Waals surface area (Å²) in [4.78, 5) is 16.7. The van der Waals surface area contributed by atoms with Gasteiger partial charge in [0.25, 0.3) is 0 Å². The van der Waals surface area contributed by atoms with Crippen LogP contribution in [0.15, 0.2) is 47.9 Å². The Hall–Kier alpha value is -1.89. The van der Waals surface area contributed by atoms with Gasteiger partial charge in [0, 0.05) is 24.4 Å². The number of hydrogen-bond donors (Lipinski definition) is 0. The molecule has 1 aliphatic rings. The second-order valence-electron chi connectivity index (χ2n) is 6.65. The fourth-order valence-electron chi connectivity index (χ4n) is 3.26. The highest BCUT2D eigenvalue weighted by Gasteiger charge is 2.26. The van der Waals surface area contributed by atoms with Gasteiger partial charge < -0.3 is 0 Å². The minimum absolute atomic E-state index is 0.102. The molecule has 1 aromatic carbocycles. The van der Waals surface area contributed by atoms with Crippen LogP contribution in [0.4, 0.5) is 0 Å². The quantitative estimate of drug-likeness (QED) is 0.499. The van der Waals surface area contributed by atoms with E-state index in [1.54, 1.807) is 24.5 Å². The molecule has 0 aliphatic heterocycles. The number of carbonyl (C=O) groups excluding carboxylic acids is 1. The van der Waals surface area contributed by atoms with Crippen molar-refractivity contribution in [2.45, 2.75) is 42.5 Å². The van der Waals surface area contributed by atoms with Crippen LogP contribution < -0.4 is 0 Å². The van der Waals surface area contributed by atoms with E-state index in [4.69, 9.17) is 23.2 Å². The zero-order chi connectivity index (χ0) is 19.5. The minimum atomic E-state index is -0.102. The Bertz CT molecular complexity index is 993. The molecule has 2 heterocycles. The molecule has 28 heavy (non-hydrogen) atoms. The van der Waals surface area contributed by atoms with Gasteiger partial charge in [0.1, 0.15) is 5.78 Å². The Morgan fingerprint density at radius 2 is 1.96 bits per heavy atom. The highest BCUT2D eigenvalue weighted by molar-refractivity contribution is 8.00. The first-order valence-corrected chi connectivity index (χ1v) is 10.8. The van der Waals surface area contributed by atoms with E-state index in [-0.39, 0.29) is 11.0 Å². The lowest BCUT2D eigenvalue weighted by molar-refractivity contribution is -0.118. The van der Waals surface area contributed by atoms with Crippen molar-refractivity contribution < 1.29 is 4.79 Å². The molecule has 1 atom stereocenters. The van der Waals surface area contributed by atoms with E-state index in [0.29, 0.717) is 27.4 Å². The number of benzene rings is 1. The summed E-state index contributed by atoms with van der Waals surface area (Å²) in [5.74, 6) is 0.934. The van der Waals surface area contributed by atoms with Gasteiger partial charge in [-0.25, -0.2) is 0 Å². The van der Waals surface area contributed by atoms with Gasteiger partial charge in [-0.2, -0.15) is 0 Å². The average molecular weight is 433 g/mol. The second-order valence-corrected chi connectivity index (χ2v) is 8.64. The van der Waals surface area contributed by atoms with Gasteiger partial charge in [-0.1, -0.05) is 47.8 Å². The van der Waals surface area contributed by atoms with Crippen molar-refractivity contribution in [1.82, 2.24) is 19.7 Å². The summed E-state index contributed by atoms with van der Waals surface area (Å²) in [5, 5.41) is 10.3. The number of rotatable bonds is 4. The van der Waals surface area contributed by atoms with Crippen molar-refractivity contribution in [1.29, 1.82) is 0 Å². The monoisotopic (exact) mass is 432 g/mol. The van der Waals surface area contributed by atoms with E-state index in [9.17, 15) is 4.79 Å². The van der Waals surface area contributed by atoms with E-state index in [0.717, 1.165) is 36.9 Å². The van der Waals surface area contributed by atoms with Gasteiger partial charge in [-0.15, -0.1) is 10.2 Å². The lowest BCUT2D eigenvalue weighted by Crippen LogP contribution is -2.16. The van der Waals surface area contributed by atoms with Gasteiger partial charge >= 0.3 is 0 Å². The maximum atomic E-state index is 12.5. The van der Waals surface area contributed by atoms with Gasteiger partial charge in [0.15, 0.2) is 11.0 Å². The number of hydrogen-bond acceptors (Lipinski definition) is 5. The SMILES string of the molecule is O=C1CCCCCC1Sc1nnc(-c2cccnc2)n1-c1ccc(Cl)c(Cl)c1. The Morgan fingerprint density at radius 1 is 1.07 bits per heavy atom. The van der Waals surface area contributed by atoms with E-state index < -0.39 is 0 Å². The first kappa shape index (κ1) is 19.4. The van der Waals surface area contributed by atoms with Crippen LogP contribution in [0.25, 0.3) is 17.1 Å². The zero-order valence-corrected chi connectivity index (χ0v) is 17.3. The lowest BCUT2D eigenvalue weighted by Gasteiger charge is -2.15. The summed E-state index contributed by atoms with van der Waals surface area (Å²) in [6.07, 6.45) is 8.07. The molecule has 1 fully saturated rings. The van der Waals surface area contributed by atoms with Gasteiger partial charge in [0.05, 0.1) is 21.0 Å². The first-order chi connectivity index (χ1) is 13.6. The summed E-state index contributed by atoms with van der Waals surface area (Å²) in [5.41, 5.74) is 1.63. The number of carbonyl (C=O) groups is 1. The van der Waals surface area contributed by atoms with Crippen LogP contribution in [0, 0.1) is 0 Å². The van der Waals surface area contributed by atoms with Crippen molar-refractivity contribution in [3.05, 3.63) is 52.8 Å². The summed E-state index contributed by atoms with van der Waals surface area (Å²) in [6, 6.07) is 9.18. The topological polar surface area (TPSA) is 60.7 Å². The molecule has 1 unspecified atom stereocenters. The largest absolute Gasteiger partial charge is 0.298 e. The molecule has 0 saturated heterocycles. The van der Waals surface area contributed by atoms with E-state index in [2.05, 4.69) is 15.2 Å². The third-order valence-corrected chi connectivity index (χ3v) is 6.71. The van der Waals surface area contributed by atoms with Crippen molar-refractivity contribution in [3.63, 3.8) is 0 Å². The lowest BCUT2D eigenvalue weighted by atomic mass is 10.2. The van der Waals surface area contributed by atoms with Crippen LogP contribution in [0.5, 0.6) is 0 Å². The van der Waals surface area contributed by atoms with Crippen LogP contribution in [0.2, 0.25) is 10.0 Å².